The Morgan fingerprint density at radius 3 is 2.17 bits per heavy atom. The van der Waals surface area contributed by atoms with Gasteiger partial charge in [0.1, 0.15) is 5.60 Å². The zero-order valence-corrected chi connectivity index (χ0v) is 22.1. The van der Waals surface area contributed by atoms with Gasteiger partial charge in [0.05, 0.1) is 13.2 Å². The van der Waals surface area contributed by atoms with Crippen LogP contribution in [0.5, 0.6) is 11.8 Å². The first-order valence-electron chi connectivity index (χ1n) is 13.2. The van der Waals surface area contributed by atoms with Crippen LogP contribution in [0, 0.1) is 0 Å². The highest BCUT2D eigenvalue weighted by Gasteiger charge is 2.27. The first kappa shape index (κ1) is 26.8. The zero-order chi connectivity index (χ0) is 25.3. The quantitative estimate of drug-likeness (QED) is 0.335. The van der Waals surface area contributed by atoms with Crippen LogP contribution in [-0.2, 0) is 4.74 Å². The number of amides is 1. The minimum absolute atomic E-state index is 0.212. The van der Waals surface area contributed by atoms with E-state index in [1.807, 2.05) is 37.8 Å². The molecule has 0 aliphatic carbocycles. The minimum atomic E-state index is -0.461. The van der Waals surface area contributed by atoms with Crippen molar-refractivity contribution in [2.45, 2.75) is 84.7 Å². The van der Waals surface area contributed by atoms with Gasteiger partial charge in [0, 0.05) is 24.7 Å². The number of carbonyl (C=O) groups is 1. The summed E-state index contributed by atoms with van der Waals surface area (Å²) in [5, 5.41) is 0. The lowest BCUT2D eigenvalue weighted by Gasteiger charge is -2.33. The Balaban J connectivity index is 1.67. The molecule has 1 amide bonds. The molecule has 0 unspecified atom stereocenters. The van der Waals surface area contributed by atoms with E-state index in [1.165, 1.54) is 5.56 Å². The van der Waals surface area contributed by atoms with Crippen LogP contribution in [-0.4, -0.2) is 47.9 Å². The summed E-state index contributed by atoms with van der Waals surface area (Å²) in [5.41, 5.74) is 2.91. The van der Waals surface area contributed by atoms with E-state index < -0.39 is 5.60 Å². The van der Waals surface area contributed by atoms with Crippen LogP contribution >= 0.6 is 0 Å². The molecule has 0 saturated carbocycles. The summed E-state index contributed by atoms with van der Waals surface area (Å²) in [6.45, 7) is 12.8. The predicted molar refractivity (Wildman–Crippen MR) is 140 cm³/mol. The summed E-state index contributed by atoms with van der Waals surface area (Å²) in [6.07, 6.45) is 5.83. The molecule has 0 atom stereocenters. The molecular weight excluding hydrogens is 440 g/mol. The SMILES string of the molecule is CCCCOc1ccc(-c2ccc(C3CCN(C(=O)OC(C)(C)C)CC3)cc2)c(OCCCC)n1. The highest BCUT2D eigenvalue weighted by Crippen LogP contribution is 2.34. The third-order valence-electron chi connectivity index (χ3n) is 6.16. The molecule has 35 heavy (non-hydrogen) atoms. The number of piperidine rings is 1. The van der Waals surface area contributed by atoms with Crippen molar-refractivity contribution in [3.05, 3.63) is 42.0 Å². The lowest BCUT2D eigenvalue weighted by Crippen LogP contribution is -2.41. The monoisotopic (exact) mass is 482 g/mol. The third-order valence-corrected chi connectivity index (χ3v) is 6.16. The first-order valence-corrected chi connectivity index (χ1v) is 13.2. The molecule has 1 fully saturated rings. The first-order chi connectivity index (χ1) is 16.8. The van der Waals surface area contributed by atoms with Crippen LogP contribution in [0.25, 0.3) is 11.1 Å². The molecule has 6 nitrogen and oxygen atoms in total. The summed E-state index contributed by atoms with van der Waals surface area (Å²) >= 11 is 0. The largest absolute Gasteiger partial charge is 0.478 e. The van der Waals surface area contributed by atoms with Gasteiger partial charge in [0.25, 0.3) is 0 Å². The van der Waals surface area contributed by atoms with E-state index in [1.54, 1.807) is 0 Å². The van der Waals surface area contributed by atoms with Crippen LogP contribution in [0.1, 0.15) is 84.6 Å². The van der Waals surface area contributed by atoms with Crippen molar-refractivity contribution in [1.82, 2.24) is 9.88 Å². The van der Waals surface area contributed by atoms with E-state index in [-0.39, 0.29) is 6.09 Å². The van der Waals surface area contributed by atoms with Gasteiger partial charge < -0.3 is 19.1 Å². The third kappa shape index (κ3) is 8.15. The molecule has 192 valence electrons. The number of hydrogen-bond acceptors (Lipinski definition) is 5. The van der Waals surface area contributed by atoms with Gasteiger partial charge >= 0.3 is 6.09 Å². The number of hydrogen-bond donors (Lipinski definition) is 0. The van der Waals surface area contributed by atoms with E-state index in [9.17, 15) is 4.79 Å². The van der Waals surface area contributed by atoms with Crippen molar-refractivity contribution in [3.8, 4) is 22.9 Å². The Labute approximate surface area is 211 Å². The van der Waals surface area contributed by atoms with Crippen molar-refractivity contribution in [2.75, 3.05) is 26.3 Å². The van der Waals surface area contributed by atoms with Gasteiger partial charge in [-0.3, -0.25) is 0 Å². The molecule has 1 aromatic heterocycles. The maximum atomic E-state index is 12.4. The second-order valence-electron chi connectivity index (χ2n) is 10.3. The van der Waals surface area contributed by atoms with E-state index in [0.717, 1.165) is 62.7 Å². The van der Waals surface area contributed by atoms with Gasteiger partial charge in [-0.2, -0.15) is 4.98 Å². The number of rotatable bonds is 10. The van der Waals surface area contributed by atoms with E-state index >= 15 is 0 Å². The van der Waals surface area contributed by atoms with Crippen molar-refractivity contribution in [3.63, 3.8) is 0 Å². The smallest absolute Gasteiger partial charge is 0.410 e. The van der Waals surface area contributed by atoms with Gasteiger partial charge in [0.15, 0.2) is 0 Å². The summed E-state index contributed by atoms with van der Waals surface area (Å²) in [6, 6.07) is 12.7. The highest BCUT2D eigenvalue weighted by molar-refractivity contribution is 5.70. The Morgan fingerprint density at radius 2 is 1.57 bits per heavy atom. The number of likely N-dealkylation sites (tertiary alicyclic amines) is 1. The highest BCUT2D eigenvalue weighted by atomic mass is 16.6. The van der Waals surface area contributed by atoms with Crippen molar-refractivity contribution in [2.24, 2.45) is 0 Å². The minimum Gasteiger partial charge on any atom is -0.478 e. The molecule has 0 bridgehead atoms. The number of ether oxygens (including phenoxy) is 3. The van der Waals surface area contributed by atoms with E-state index in [0.29, 0.717) is 30.9 Å². The van der Waals surface area contributed by atoms with Gasteiger partial charge in [-0.25, -0.2) is 4.79 Å². The number of pyridine rings is 1. The van der Waals surface area contributed by atoms with Crippen LogP contribution in [0.2, 0.25) is 0 Å². The number of benzene rings is 1. The fourth-order valence-electron chi connectivity index (χ4n) is 4.12. The average molecular weight is 483 g/mol. The zero-order valence-electron chi connectivity index (χ0n) is 22.1. The van der Waals surface area contributed by atoms with Crippen LogP contribution < -0.4 is 9.47 Å². The lowest BCUT2D eigenvalue weighted by molar-refractivity contribution is 0.0205. The summed E-state index contributed by atoms with van der Waals surface area (Å²) in [4.78, 5) is 18.8. The van der Waals surface area contributed by atoms with Crippen LogP contribution in [0.3, 0.4) is 0 Å². The summed E-state index contributed by atoms with van der Waals surface area (Å²) in [5.74, 6) is 1.68. The maximum absolute atomic E-state index is 12.4. The molecule has 1 aromatic carbocycles. The second-order valence-corrected chi connectivity index (χ2v) is 10.3. The van der Waals surface area contributed by atoms with Crippen molar-refractivity contribution >= 4 is 6.09 Å². The van der Waals surface area contributed by atoms with Crippen LogP contribution in [0.15, 0.2) is 36.4 Å². The maximum Gasteiger partial charge on any atom is 0.410 e. The predicted octanol–water partition coefficient (Wildman–Crippen LogP) is 7.22. The second kappa shape index (κ2) is 12.8. The molecule has 0 spiro atoms. The Hall–Kier alpha value is -2.76. The molecule has 2 aromatic rings. The molecule has 1 aliphatic heterocycles. The standard InChI is InChI=1S/C29H42N2O4/c1-6-8-20-33-26-15-14-25(27(30-26)34-21-9-7-2)24-12-10-22(11-13-24)23-16-18-31(19-17-23)28(32)35-29(3,4)5/h10-15,23H,6-9,16-21H2,1-5H3. The molecule has 0 radical (unpaired) electrons. The normalized spacial score (nSPS) is 14.6. The number of nitrogens with zero attached hydrogens (tertiary/aromatic N) is 2. The Kier molecular flexibility index (Phi) is 9.82. The van der Waals surface area contributed by atoms with E-state index in [4.69, 9.17) is 14.2 Å². The molecule has 2 heterocycles. The molecule has 1 saturated heterocycles. The lowest BCUT2D eigenvalue weighted by atomic mass is 9.88. The number of aromatic nitrogens is 1. The van der Waals surface area contributed by atoms with Gasteiger partial charge in [-0.15, -0.1) is 0 Å². The summed E-state index contributed by atoms with van der Waals surface area (Å²) in [7, 11) is 0. The molecule has 6 heteroatoms. The molecular formula is C29H42N2O4. The topological polar surface area (TPSA) is 60.9 Å². The van der Waals surface area contributed by atoms with Gasteiger partial charge in [-0.1, -0.05) is 51.0 Å². The number of carbonyl (C=O) groups excluding carboxylic acids is 1. The summed E-state index contributed by atoms with van der Waals surface area (Å²) < 4.78 is 17.4. The van der Waals surface area contributed by atoms with Gasteiger partial charge in [-0.05, 0) is 69.6 Å². The Morgan fingerprint density at radius 1 is 0.943 bits per heavy atom. The molecule has 0 N–H and O–H groups in total. The van der Waals surface area contributed by atoms with Crippen molar-refractivity contribution < 1.29 is 19.0 Å². The van der Waals surface area contributed by atoms with Crippen LogP contribution in [0.4, 0.5) is 4.79 Å². The number of unbranched alkanes of at least 4 members (excludes halogenated alkanes) is 2. The fraction of sp³-hybridized carbons (Fsp3) is 0.586. The average Bonchev–Trinajstić information content (AvgIpc) is 2.84. The van der Waals surface area contributed by atoms with E-state index in [2.05, 4.69) is 43.1 Å². The Bertz CT molecular complexity index is 929. The molecule has 3 rings (SSSR count). The van der Waals surface area contributed by atoms with Gasteiger partial charge in [0.2, 0.25) is 11.8 Å². The molecule has 1 aliphatic rings. The fourth-order valence-corrected chi connectivity index (χ4v) is 4.12. The van der Waals surface area contributed by atoms with Crippen molar-refractivity contribution in [1.29, 1.82) is 0 Å².